The third-order valence-electron chi connectivity index (χ3n) is 6.91. The summed E-state index contributed by atoms with van der Waals surface area (Å²) in [5.41, 5.74) is 1.95. The van der Waals surface area contributed by atoms with E-state index in [1.165, 1.54) is 33.4 Å². The first kappa shape index (κ1) is 25.4. The van der Waals surface area contributed by atoms with Gasteiger partial charge in [-0.1, -0.05) is 23.7 Å². The molecule has 2 aromatic carbocycles. The summed E-state index contributed by atoms with van der Waals surface area (Å²) in [7, 11) is -3.69. The van der Waals surface area contributed by atoms with Crippen molar-refractivity contribution in [2.45, 2.75) is 30.3 Å². The Balaban J connectivity index is 1.30. The predicted octanol–water partition coefficient (Wildman–Crippen LogP) is 4.41. The van der Waals surface area contributed by atoms with Crippen molar-refractivity contribution in [2.75, 3.05) is 32.7 Å². The molecule has 1 amide bonds. The number of carbonyl (C=O) groups is 1. The average Bonchev–Trinajstić information content (AvgIpc) is 3.33. The Labute approximate surface area is 219 Å². The number of rotatable bonds is 5. The van der Waals surface area contributed by atoms with E-state index >= 15 is 0 Å². The van der Waals surface area contributed by atoms with Crippen molar-refractivity contribution in [3.63, 3.8) is 0 Å². The van der Waals surface area contributed by atoms with E-state index in [-0.39, 0.29) is 41.8 Å². The van der Waals surface area contributed by atoms with Crippen molar-refractivity contribution in [1.29, 1.82) is 0 Å². The first-order valence-corrected chi connectivity index (χ1v) is 14.5. The maximum atomic E-state index is 14.1. The van der Waals surface area contributed by atoms with Gasteiger partial charge in [-0.15, -0.1) is 11.3 Å². The number of sulfonamides is 1. The molecule has 5 rings (SSSR count). The van der Waals surface area contributed by atoms with E-state index in [1.807, 2.05) is 18.4 Å². The molecule has 2 atom stereocenters. The van der Waals surface area contributed by atoms with Gasteiger partial charge in [0.2, 0.25) is 15.9 Å². The molecule has 3 heterocycles. The molecule has 2 aliphatic rings. The number of fused-ring (bicyclic) bond motifs is 1. The lowest BCUT2D eigenvalue weighted by molar-refractivity contribution is -0.135. The largest absolute Gasteiger partial charge is 0.339 e. The Morgan fingerprint density at radius 3 is 2.61 bits per heavy atom. The fourth-order valence-corrected chi connectivity index (χ4v) is 7.79. The SMILES string of the molecule is C[C@@H]1CN(C(=O)CN2CCc3sccc3[C@H]2c2cccc(F)c2)CCN1S(=O)(=O)c1ccc(Cl)cc1. The normalized spacial score (nSPS) is 21.4. The molecular weight excluding hydrogens is 521 g/mol. The van der Waals surface area contributed by atoms with Crippen molar-refractivity contribution >= 4 is 38.9 Å². The summed E-state index contributed by atoms with van der Waals surface area (Å²) in [6.45, 7) is 3.56. The lowest BCUT2D eigenvalue weighted by Gasteiger charge is -2.41. The highest BCUT2D eigenvalue weighted by molar-refractivity contribution is 7.89. The molecule has 1 saturated heterocycles. The van der Waals surface area contributed by atoms with Crippen LogP contribution in [0.15, 0.2) is 64.9 Å². The van der Waals surface area contributed by atoms with Crippen molar-refractivity contribution in [1.82, 2.24) is 14.1 Å². The highest BCUT2D eigenvalue weighted by Gasteiger charge is 2.37. The topological polar surface area (TPSA) is 60.9 Å². The Kier molecular flexibility index (Phi) is 7.20. The van der Waals surface area contributed by atoms with Crippen LogP contribution in [-0.4, -0.2) is 67.2 Å². The number of benzene rings is 2. The van der Waals surface area contributed by atoms with E-state index in [2.05, 4.69) is 11.0 Å². The number of halogens is 2. The molecule has 0 aliphatic carbocycles. The summed E-state index contributed by atoms with van der Waals surface area (Å²) in [6.07, 6.45) is 0.843. The van der Waals surface area contributed by atoms with Gasteiger partial charge in [-0.2, -0.15) is 4.31 Å². The Bertz CT molecular complexity index is 1360. The summed E-state index contributed by atoms with van der Waals surface area (Å²) in [4.78, 5) is 18.7. The van der Waals surface area contributed by atoms with Gasteiger partial charge in [-0.05, 0) is 72.3 Å². The Hall–Kier alpha value is -2.30. The van der Waals surface area contributed by atoms with Crippen LogP contribution in [0.5, 0.6) is 0 Å². The average molecular weight is 548 g/mol. The van der Waals surface area contributed by atoms with Gasteiger partial charge in [0, 0.05) is 42.1 Å². The molecule has 1 fully saturated rings. The van der Waals surface area contributed by atoms with Gasteiger partial charge < -0.3 is 4.90 Å². The zero-order chi connectivity index (χ0) is 25.4. The second-order valence-corrected chi connectivity index (χ2v) is 12.6. The summed E-state index contributed by atoms with van der Waals surface area (Å²) < 4.78 is 41.8. The van der Waals surface area contributed by atoms with E-state index in [0.717, 1.165) is 17.5 Å². The van der Waals surface area contributed by atoms with Gasteiger partial charge in [0.15, 0.2) is 0 Å². The number of thiophene rings is 1. The molecule has 0 N–H and O–H groups in total. The van der Waals surface area contributed by atoms with Crippen molar-refractivity contribution in [3.05, 3.63) is 86.8 Å². The molecule has 2 aliphatic heterocycles. The summed E-state index contributed by atoms with van der Waals surface area (Å²) in [5, 5.41) is 2.52. The van der Waals surface area contributed by atoms with Crippen LogP contribution in [0.2, 0.25) is 5.02 Å². The lowest BCUT2D eigenvalue weighted by atomic mass is 9.93. The van der Waals surface area contributed by atoms with Crippen molar-refractivity contribution < 1.29 is 17.6 Å². The molecule has 0 spiro atoms. The zero-order valence-electron chi connectivity index (χ0n) is 19.8. The van der Waals surface area contributed by atoms with Crippen LogP contribution in [0.25, 0.3) is 0 Å². The van der Waals surface area contributed by atoms with Crippen LogP contribution >= 0.6 is 22.9 Å². The quantitative estimate of drug-likeness (QED) is 0.475. The third kappa shape index (κ3) is 4.95. The van der Waals surface area contributed by atoms with E-state index in [9.17, 15) is 17.6 Å². The molecule has 190 valence electrons. The zero-order valence-corrected chi connectivity index (χ0v) is 22.2. The summed E-state index contributed by atoms with van der Waals surface area (Å²) in [6, 6.07) is 14.2. The number of carbonyl (C=O) groups excluding carboxylic acids is 1. The Morgan fingerprint density at radius 2 is 1.89 bits per heavy atom. The smallest absolute Gasteiger partial charge is 0.243 e. The minimum absolute atomic E-state index is 0.0505. The van der Waals surface area contributed by atoms with Crippen LogP contribution in [0.1, 0.15) is 29.0 Å². The number of hydrogen-bond donors (Lipinski definition) is 0. The van der Waals surface area contributed by atoms with Crippen molar-refractivity contribution in [2.24, 2.45) is 0 Å². The number of hydrogen-bond acceptors (Lipinski definition) is 5. The third-order valence-corrected chi connectivity index (χ3v) is 10.2. The minimum Gasteiger partial charge on any atom is -0.339 e. The highest BCUT2D eigenvalue weighted by Crippen LogP contribution is 2.38. The molecule has 0 saturated carbocycles. The van der Waals surface area contributed by atoms with Crippen molar-refractivity contribution in [3.8, 4) is 0 Å². The maximum Gasteiger partial charge on any atom is 0.243 e. The molecule has 0 unspecified atom stereocenters. The highest BCUT2D eigenvalue weighted by atomic mass is 35.5. The molecule has 10 heteroatoms. The monoisotopic (exact) mass is 547 g/mol. The predicted molar refractivity (Wildman–Crippen MR) is 139 cm³/mol. The van der Waals surface area contributed by atoms with Crippen LogP contribution in [0.4, 0.5) is 4.39 Å². The summed E-state index contributed by atoms with van der Waals surface area (Å²) >= 11 is 7.61. The number of amides is 1. The van der Waals surface area contributed by atoms with Gasteiger partial charge >= 0.3 is 0 Å². The molecule has 3 aromatic rings. The Morgan fingerprint density at radius 1 is 1.11 bits per heavy atom. The van der Waals surface area contributed by atoms with E-state index in [1.54, 1.807) is 34.4 Å². The van der Waals surface area contributed by atoms with Gasteiger partial charge in [-0.25, -0.2) is 12.8 Å². The fraction of sp³-hybridized carbons (Fsp3) is 0.346. The molecule has 6 nitrogen and oxygen atoms in total. The molecule has 36 heavy (non-hydrogen) atoms. The van der Waals surface area contributed by atoms with Gasteiger partial charge in [-0.3, -0.25) is 9.69 Å². The van der Waals surface area contributed by atoms with Crippen LogP contribution in [-0.2, 0) is 21.2 Å². The minimum atomic E-state index is -3.69. The van der Waals surface area contributed by atoms with Gasteiger partial charge in [0.1, 0.15) is 5.82 Å². The van der Waals surface area contributed by atoms with E-state index < -0.39 is 10.0 Å². The van der Waals surface area contributed by atoms with E-state index in [0.29, 0.717) is 24.7 Å². The first-order valence-electron chi connectivity index (χ1n) is 11.8. The second-order valence-electron chi connectivity index (χ2n) is 9.24. The van der Waals surface area contributed by atoms with Crippen LogP contribution in [0.3, 0.4) is 0 Å². The van der Waals surface area contributed by atoms with Crippen LogP contribution in [0, 0.1) is 5.82 Å². The standard InChI is InChI=1S/C26H27ClFN3O3S2/c1-18-16-29(12-13-31(18)36(33,34)22-7-5-20(27)6-8-22)25(32)17-30-11-9-24-23(10-14-35-24)26(30)19-3-2-4-21(28)15-19/h2-8,10,14-15,18,26H,9,11-13,16-17H2,1H3/t18-,26-/m1/s1. The number of nitrogens with zero attached hydrogens (tertiary/aromatic N) is 3. The molecule has 0 bridgehead atoms. The molecular formula is C26H27ClFN3O3S2. The van der Waals surface area contributed by atoms with Crippen LogP contribution < -0.4 is 0 Å². The molecule has 0 radical (unpaired) electrons. The fourth-order valence-electron chi connectivity index (χ4n) is 5.15. The number of piperazine rings is 1. The van der Waals surface area contributed by atoms with E-state index in [4.69, 9.17) is 11.6 Å². The van der Waals surface area contributed by atoms with Gasteiger partial charge in [0.05, 0.1) is 17.5 Å². The second kappa shape index (κ2) is 10.2. The van der Waals surface area contributed by atoms with Gasteiger partial charge in [0.25, 0.3) is 0 Å². The molecule has 1 aromatic heterocycles. The maximum absolute atomic E-state index is 14.1. The first-order chi connectivity index (χ1) is 17.2. The lowest BCUT2D eigenvalue weighted by Crippen LogP contribution is -2.57. The summed E-state index contributed by atoms with van der Waals surface area (Å²) in [5.74, 6) is -0.349.